The Morgan fingerprint density at radius 3 is 2.62 bits per heavy atom. The Kier molecular flexibility index (Phi) is 10.4. The number of ether oxygens (including phenoxy) is 1. The molecule has 0 fully saturated rings. The second kappa shape index (κ2) is 12.8. The van der Waals surface area contributed by atoms with Gasteiger partial charge in [0.25, 0.3) is 0 Å². The summed E-state index contributed by atoms with van der Waals surface area (Å²) >= 11 is 0. The summed E-state index contributed by atoms with van der Waals surface area (Å²) < 4.78 is 28.8. The Labute approximate surface area is 205 Å². The molecule has 9 heteroatoms. The number of nitrogens with one attached hydrogen (secondary N) is 2. The molecule has 1 aliphatic heterocycles. The maximum absolute atomic E-state index is 12.3. The molecule has 1 aliphatic rings. The molecule has 2 aromatic carbocycles. The van der Waals surface area contributed by atoms with Gasteiger partial charge in [-0.15, -0.1) is 24.0 Å². The Hall–Kier alpha value is -2.14. The minimum Gasteiger partial charge on any atom is -0.435 e. The van der Waals surface area contributed by atoms with E-state index in [0.717, 1.165) is 24.9 Å². The highest BCUT2D eigenvalue weighted by molar-refractivity contribution is 14.0. The second-order valence-corrected chi connectivity index (χ2v) is 7.53. The molecule has 0 saturated carbocycles. The molecule has 1 unspecified atom stereocenters. The lowest BCUT2D eigenvalue weighted by molar-refractivity contribution is -0.0498. The van der Waals surface area contributed by atoms with Gasteiger partial charge >= 0.3 is 6.61 Å². The van der Waals surface area contributed by atoms with E-state index < -0.39 is 12.7 Å². The first-order valence-electron chi connectivity index (χ1n) is 10.5. The average molecular weight is 560 g/mol. The summed E-state index contributed by atoms with van der Waals surface area (Å²) in [6, 6.07) is 12.4. The zero-order valence-corrected chi connectivity index (χ0v) is 20.7. The standard InChI is InChI=1S/C23H30F2N4O2.HI/c1-3-26-23(27-14-16-6-11-20-18(13-16)5-4-12-29(20)2)28-15-21(30)17-7-9-19(10-8-17)31-22(24)25;/h6-11,13,21-22,30H,3-5,12,14-15H2,1-2H3,(H2,26,27,28);1H. The van der Waals surface area contributed by atoms with Gasteiger partial charge < -0.3 is 25.4 Å². The van der Waals surface area contributed by atoms with Gasteiger partial charge in [-0.1, -0.05) is 24.3 Å². The first-order valence-corrected chi connectivity index (χ1v) is 10.5. The van der Waals surface area contributed by atoms with Crippen molar-refractivity contribution in [3.8, 4) is 5.75 Å². The van der Waals surface area contributed by atoms with E-state index in [1.807, 2.05) is 6.92 Å². The van der Waals surface area contributed by atoms with E-state index in [1.54, 1.807) is 12.1 Å². The number of halogens is 3. The van der Waals surface area contributed by atoms with Gasteiger partial charge in [0.2, 0.25) is 0 Å². The quantitative estimate of drug-likeness (QED) is 0.258. The predicted octanol–water partition coefficient (Wildman–Crippen LogP) is 4.08. The van der Waals surface area contributed by atoms with Crippen LogP contribution in [-0.2, 0) is 13.0 Å². The molecule has 0 radical (unpaired) electrons. The highest BCUT2D eigenvalue weighted by Gasteiger charge is 2.14. The van der Waals surface area contributed by atoms with E-state index in [4.69, 9.17) is 0 Å². The number of aryl methyl sites for hydroxylation is 1. The number of aliphatic hydroxyl groups is 1. The van der Waals surface area contributed by atoms with E-state index in [9.17, 15) is 13.9 Å². The minimum absolute atomic E-state index is 0. The van der Waals surface area contributed by atoms with Crippen LogP contribution in [0.15, 0.2) is 47.5 Å². The molecule has 176 valence electrons. The number of hydrogen-bond donors (Lipinski definition) is 3. The molecule has 0 bridgehead atoms. The molecule has 1 atom stereocenters. The third-order valence-electron chi connectivity index (χ3n) is 5.21. The lowest BCUT2D eigenvalue weighted by Gasteiger charge is -2.27. The smallest absolute Gasteiger partial charge is 0.387 e. The van der Waals surface area contributed by atoms with E-state index >= 15 is 0 Å². The van der Waals surface area contributed by atoms with Gasteiger partial charge in [0.1, 0.15) is 5.75 Å². The molecule has 3 rings (SSSR count). The molecule has 2 aromatic rings. The van der Waals surface area contributed by atoms with Crippen LogP contribution in [0.25, 0.3) is 0 Å². The zero-order chi connectivity index (χ0) is 22.2. The van der Waals surface area contributed by atoms with Crippen LogP contribution >= 0.6 is 24.0 Å². The third kappa shape index (κ3) is 7.47. The summed E-state index contributed by atoms with van der Waals surface area (Å²) in [5.74, 6) is 0.666. The molecular formula is C23H31F2IN4O2. The summed E-state index contributed by atoms with van der Waals surface area (Å²) in [5.41, 5.74) is 4.39. The second-order valence-electron chi connectivity index (χ2n) is 7.53. The third-order valence-corrected chi connectivity index (χ3v) is 5.21. The Morgan fingerprint density at radius 1 is 1.19 bits per heavy atom. The van der Waals surface area contributed by atoms with Crippen molar-refractivity contribution in [3.05, 3.63) is 59.2 Å². The maximum Gasteiger partial charge on any atom is 0.387 e. The molecule has 32 heavy (non-hydrogen) atoms. The van der Waals surface area contributed by atoms with E-state index in [-0.39, 0.29) is 36.3 Å². The van der Waals surface area contributed by atoms with Crippen LogP contribution in [0.1, 0.15) is 36.1 Å². The minimum atomic E-state index is -2.87. The van der Waals surface area contributed by atoms with Gasteiger partial charge in [-0.2, -0.15) is 8.78 Å². The SMILES string of the molecule is CCNC(=NCc1ccc2c(c1)CCCN2C)NCC(O)c1ccc(OC(F)F)cc1.I. The van der Waals surface area contributed by atoms with Gasteiger partial charge in [-0.25, -0.2) is 4.99 Å². The van der Waals surface area contributed by atoms with Gasteiger partial charge in [-0.3, -0.25) is 0 Å². The van der Waals surface area contributed by atoms with Crippen LogP contribution in [0.4, 0.5) is 14.5 Å². The van der Waals surface area contributed by atoms with E-state index in [1.165, 1.54) is 23.4 Å². The Morgan fingerprint density at radius 2 is 1.94 bits per heavy atom. The van der Waals surface area contributed by atoms with Crippen LogP contribution in [-0.4, -0.2) is 44.4 Å². The summed E-state index contributed by atoms with van der Waals surface area (Å²) in [4.78, 5) is 6.91. The average Bonchev–Trinajstić information content (AvgIpc) is 2.75. The van der Waals surface area contributed by atoms with Crippen molar-refractivity contribution in [3.63, 3.8) is 0 Å². The maximum atomic E-state index is 12.3. The van der Waals surface area contributed by atoms with Gasteiger partial charge in [0.05, 0.1) is 12.6 Å². The number of alkyl halides is 2. The fraction of sp³-hybridized carbons (Fsp3) is 0.435. The van der Waals surface area contributed by atoms with Gasteiger partial charge in [0, 0.05) is 32.4 Å². The predicted molar refractivity (Wildman–Crippen MR) is 134 cm³/mol. The Bertz CT molecular complexity index is 881. The monoisotopic (exact) mass is 560 g/mol. The molecule has 0 saturated heterocycles. The summed E-state index contributed by atoms with van der Waals surface area (Å²) in [6.07, 6.45) is 1.43. The number of hydrogen-bond acceptors (Lipinski definition) is 4. The number of nitrogens with zero attached hydrogens (tertiary/aromatic N) is 2. The van der Waals surface area contributed by atoms with Gasteiger partial charge in [-0.05, 0) is 54.7 Å². The number of benzene rings is 2. The molecule has 0 amide bonds. The molecule has 6 nitrogen and oxygen atoms in total. The van der Waals surface area contributed by atoms with Crippen LogP contribution in [0.3, 0.4) is 0 Å². The molecule has 0 aliphatic carbocycles. The molecule has 0 aromatic heterocycles. The van der Waals surface area contributed by atoms with Crippen molar-refractivity contribution in [2.45, 2.75) is 39.0 Å². The molecule has 0 spiro atoms. The number of guanidine groups is 1. The van der Waals surface area contributed by atoms with Crippen molar-refractivity contribution in [1.82, 2.24) is 10.6 Å². The lowest BCUT2D eigenvalue weighted by atomic mass is 10.00. The van der Waals surface area contributed by atoms with Crippen molar-refractivity contribution < 1.29 is 18.6 Å². The molecule has 3 N–H and O–H groups in total. The van der Waals surface area contributed by atoms with Crippen LogP contribution in [0, 0.1) is 0 Å². The topological polar surface area (TPSA) is 69.1 Å². The van der Waals surface area contributed by atoms with E-state index in [0.29, 0.717) is 24.6 Å². The first kappa shape index (κ1) is 26.1. The highest BCUT2D eigenvalue weighted by atomic mass is 127. The lowest BCUT2D eigenvalue weighted by Crippen LogP contribution is -2.39. The first-order chi connectivity index (χ1) is 15.0. The number of rotatable bonds is 8. The number of fused-ring (bicyclic) bond motifs is 1. The van der Waals surface area contributed by atoms with Crippen molar-refractivity contribution in [2.75, 3.05) is 31.6 Å². The van der Waals surface area contributed by atoms with E-state index in [2.05, 4.69) is 50.5 Å². The Balaban J connectivity index is 0.00000363. The fourth-order valence-electron chi connectivity index (χ4n) is 3.63. The number of anilines is 1. The number of aliphatic hydroxyl groups excluding tert-OH is 1. The van der Waals surface area contributed by atoms with Crippen molar-refractivity contribution >= 4 is 35.6 Å². The summed E-state index contributed by atoms with van der Waals surface area (Å²) in [7, 11) is 2.12. The van der Waals surface area contributed by atoms with Crippen LogP contribution in [0.2, 0.25) is 0 Å². The molecular weight excluding hydrogens is 529 g/mol. The highest BCUT2D eigenvalue weighted by Crippen LogP contribution is 2.27. The molecule has 1 heterocycles. The number of aliphatic imine (C=N–C) groups is 1. The summed E-state index contributed by atoms with van der Waals surface area (Å²) in [6.45, 7) is 1.65. The normalized spacial score (nSPS) is 14.4. The zero-order valence-electron chi connectivity index (χ0n) is 18.4. The fourth-order valence-corrected chi connectivity index (χ4v) is 3.63. The van der Waals surface area contributed by atoms with Gasteiger partial charge in [0.15, 0.2) is 5.96 Å². The van der Waals surface area contributed by atoms with Crippen molar-refractivity contribution in [1.29, 1.82) is 0 Å². The summed E-state index contributed by atoms with van der Waals surface area (Å²) in [5, 5.41) is 16.7. The largest absolute Gasteiger partial charge is 0.435 e. The van der Waals surface area contributed by atoms with Crippen LogP contribution < -0.4 is 20.3 Å². The van der Waals surface area contributed by atoms with Crippen molar-refractivity contribution in [2.24, 2.45) is 4.99 Å². The van der Waals surface area contributed by atoms with Crippen LogP contribution in [0.5, 0.6) is 5.75 Å².